The molecule has 4 atom stereocenters. The Morgan fingerprint density at radius 2 is 1.93 bits per heavy atom. The standard InChI is InChI=1S/C33H43FN6O3/c1-32(2,3)43-31(41)40-16-15-39(20-24(40)11-14-35)29-26-10-13-33(12-9-22-7-5-6-8-27(22)33)18-28(26)36-30(37-29)42-21-25-17-23(34)19-38(25)4/h5-8,23-25H,9-13,15-21H2,1-4H3/t23-,24+,25+,33?/m1/s1. The Morgan fingerprint density at radius 3 is 2.67 bits per heavy atom. The summed E-state index contributed by atoms with van der Waals surface area (Å²) in [5.41, 5.74) is 4.44. The molecule has 2 saturated heterocycles. The Balaban J connectivity index is 1.30. The lowest BCUT2D eigenvalue weighted by atomic mass is 9.69. The number of ether oxygens (including phenoxy) is 2. The van der Waals surface area contributed by atoms with Crippen LogP contribution in [-0.2, 0) is 29.4 Å². The Labute approximate surface area is 254 Å². The zero-order valence-electron chi connectivity index (χ0n) is 25.8. The van der Waals surface area contributed by atoms with Crippen LogP contribution >= 0.6 is 0 Å². The maximum absolute atomic E-state index is 14.1. The van der Waals surface area contributed by atoms with Gasteiger partial charge in [0.1, 0.15) is 24.2 Å². The average Bonchev–Trinajstić information content (AvgIpc) is 3.48. The van der Waals surface area contributed by atoms with Gasteiger partial charge in [-0.25, -0.2) is 9.18 Å². The highest BCUT2D eigenvalue weighted by Gasteiger charge is 2.44. The van der Waals surface area contributed by atoms with Crippen LogP contribution in [-0.4, -0.2) is 89.6 Å². The van der Waals surface area contributed by atoms with Gasteiger partial charge in [-0.1, -0.05) is 24.3 Å². The van der Waals surface area contributed by atoms with Gasteiger partial charge in [-0.3, -0.25) is 4.90 Å². The number of hydrogen-bond donors (Lipinski definition) is 0. The molecular formula is C33H43FN6O3. The molecule has 4 aliphatic rings. The predicted molar refractivity (Wildman–Crippen MR) is 161 cm³/mol. The van der Waals surface area contributed by atoms with Crippen molar-refractivity contribution in [3.05, 3.63) is 46.6 Å². The first kappa shape index (κ1) is 29.6. The molecule has 1 aromatic carbocycles. The Morgan fingerprint density at radius 1 is 1.14 bits per heavy atom. The van der Waals surface area contributed by atoms with Crippen molar-refractivity contribution >= 4 is 11.9 Å². The second kappa shape index (κ2) is 11.6. The SMILES string of the molecule is CN1C[C@H](F)C[C@H]1COc1nc2c(c(N3CCN(C(=O)OC(C)(C)C)[C@@H](CC#N)C3)n1)CCC1(CCc3ccccc31)C2. The first-order valence-corrected chi connectivity index (χ1v) is 15.6. The number of nitrogens with zero attached hydrogens (tertiary/aromatic N) is 6. The molecule has 6 rings (SSSR count). The van der Waals surface area contributed by atoms with Crippen LogP contribution in [0.25, 0.3) is 0 Å². The molecule has 0 N–H and O–H groups in total. The molecule has 1 spiro atoms. The number of halogens is 1. The van der Waals surface area contributed by atoms with Gasteiger partial charge in [0, 0.05) is 43.2 Å². The van der Waals surface area contributed by atoms with Crippen LogP contribution in [0.1, 0.15) is 68.8 Å². The van der Waals surface area contributed by atoms with Crippen LogP contribution in [0.3, 0.4) is 0 Å². The van der Waals surface area contributed by atoms with Crippen LogP contribution in [0.4, 0.5) is 15.0 Å². The van der Waals surface area contributed by atoms with Crippen LogP contribution < -0.4 is 9.64 Å². The number of amides is 1. The molecule has 2 aliphatic heterocycles. The third kappa shape index (κ3) is 6.01. The van der Waals surface area contributed by atoms with Gasteiger partial charge in [-0.15, -0.1) is 0 Å². The third-order valence-corrected chi connectivity index (χ3v) is 9.65. The molecule has 9 nitrogen and oxygen atoms in total. The Kier molecular flexibility index (Phi) is 7.97. The minimum absolute atomic E-state index is 0.0245. The number of aromatic nitrogens is 2. The smallest absolute Gasteiger partial charge is 0.410 e. The zero-order chi connectivity index (χ0) is 30.4. The maximum atomic E-state index is 14.1. The number of fused-ring (bicyclic) bond motifs is 3. The molecule has 2 fully saturated rings. The van der Waals surface area contributed by atoms with E-state index in [9.17, 15) is 14.4 Å². The van der Waals surface area contributed by atoms with Crippen LogP contribution in [0.5, 0.6) is 6.01 Å². The molecular weight excluding hydrogens is 547 g/mol. The molecule has 2 aromatic rings. The number of carbonyl (C=O) groups is 1. The highest BCUT2D eigenvalue weighted by atomic mass is 19.1. The van der Waals surface area contributed by atoms with E-state index in [0.29, 0.717) is 45.2 Å². The molecule has 1 aromatic heterocycles. The molecule has 0 saturated carbocycles. The highest BCUT2D eigenvalue weighted by Crippen LogP contribution is 2.48. The van der Waals surface area contributed by atoms with E-state index >= 15 is 0 Å². The van der Waals surface area contributed by atoms with E-state index in [2.05, 4.69) is 35.2 Å². The summed E-state index contributed by atoms with van der Waals surface area (Å²) in [6.07, 6.45) is 4.27. The number of benzene rings is 1. The summed E-state index contributed by atoms with van der Waals surface area (Å²) in [4.78, 5) is 28.9. The normalized spacial score (nSPS) is 27.1. The van der Waals surface area contributed by atoms with E-state index in [-0.39, 0.29) is 23.9 Å². The van der Waals surface area contributed by atoms with Crippen molar-refractivity contribution in [2.24, 2.45) is 0 Å². The summed E-state index contributed by atoms with van der Waals surface area (Å²) >= 11 is 0. The quantitative estimate of drug-likeness (QED) is 0.499. The number of carbonyl (C=O) groups excluding carboxylic acids is 1. The fourth-order valence-corrected chi connectivity index (χ4v) is 7.47. The summed E-state index contributed by atoms with van der Waals surface area (Å²) in [6.45, 7) is 7.75. The Hall–Kier alpha value is -3.45. The van der Waals surface area contributed by atoms with E-state index in [1.165, 1.54) is 11.1 Å². The number of rotatable bonds is 5. The van der Waals surface area contributed by atoms with Gasteiger partial charge in [0.05, 0.1) is 24.2 Å². The lowest BCUT2D eigenvalue weighted by Crippen LogP contribution is -2.56. The molecule has 43 heavy (non-hydrogen) atoms. The van der Waals surface area contributed by atoms with Gasteiger partial charge in [0.15, 0.2) is 0 Å². The van der Waals surface area contributed by atoms with Crippen molar-refractivity contribution in [1.82, 2.24) is 19.8 Å². The van der Waals surface area contributed by atoms with Gasteiger partial charge < -0.3 is 19.3 Å². The molecule has 0 radical (unpaired) electrons. The van der Waals surface area contributed by atoms with Gasteiger partial charge in [-0.2, -0.15) is 15.2 Å². The monoisotopic (exact) mass is 590 g/mol. The molecule has 230 valence electrons. The molecule has 1 amide bonds. The third-order valence-electron chi connectivity index (χ3n) is 9.65. The number of aryl methyl sites for hydroxylation is 1. The summed E-state index contributed by atoms with van der Waals surface area (Å²) in [5.74, 6) is 0.830. The fourth-order valence-electron chi connectivity index (χ4n) is 7.47. The van der Waals surface area contributed by atoms with E-state index < -0.39 is 17.9 Å². The number of piperazine rings is 1. The number of nitriles is 1. The van der Waals surface area contributed by atoms with Gasteiger partial charge in [0.2, 0.25) is 0 Å². The van der Waals surface area contributed by atoms with Crippen LogP contribution in [0.15, 0.2) is 24.3 Å². The van der Waals surface area contributed by atoms with Crippen molar-refractivity contribution in [2.45, 2.75) is 95.0 Å². The number of likely N-dealkylation sites (tertiary alicyclic amines) is 1. The number of hydrogen-bond acceptors (Lipinski definition) is 8. The first-order chi connectivity index (χ1) is 20.5. The molecule has 10 heteroatoms. The molecule has 1 unspecified atom stereocenters. The lowest BCUT2D eigenvalue weighted by molar-refractivity contribution is 0.0144. The van der Waals surface area contributed by atoms with Crippen molar-refractivity contribution in [2.75, 3.05) is 44.7 Å². The van der Waals surface area contributed by atoms with Crippen molar-refractivity contribution in [3.63, 3.8) is 0 Å². The van der Waals surface area contributed by atoms with E-state index in [4.69, 9.17) is 19.4 Å². The maximum Gasteiger partial charge on any atom is 0.410 e. The minimum atomic E-state index is -0.848. The van der Waals surface area contributed by atoms with Crippen molar-refractivity contribution < 1.29 is 18.7 Å². The summed E-state index contributed by atoms with van der Waals surface area (Å²) in [7, 11) is 1.92. The summed E-state index contributed by atoms with van der Waals surface area (Å²) in [6, 6.07) is 11.0. The van der Waals surface area contributed by atoms with Gasteiger partial charge >= 0.3 is 12.1 Å². The second-order valence-corrected chi connectivity index (χ2v) is 13.7. The average molecular weight is 591 g/mol. The largest absolute Gasteiger partial charge is 0.462 e. The molecule has 2 aliphatic carbocycles. The molecule has 0 bridgehead atoms. The number of anilines is 1. The van der Waals surface area contributed by atoms with Crippen molar-refractivity contribution in [3.8, 4) is 12.1 Å². The van der Waals surface area contributed by atoms with Crippen LogP contribution in [0, 0.1) is 11.3 Å². The second-order valence-electron chi connectivity index (χ2n) is 13.7. The summed E-state index contributed by atoms with van der Waals surface area (Å²) < 4.78 is 25.9. The highest BCUT2D eigenvalue weighted by molar-refractivity contribution is 5.69. The minimum Gasteiger partial charge on any atom is -0.462 e. The van der Waals surface area contributed by atoms with E-state index in [1.54, 1.807) is 4.90 Å². The van der Waals surface area contributed by atoms with Gasteiger partial charge in [-0.05, 0) is 77.5 Å². The van der Waals surface area contributed by atoms with Crippen molar-refractivity contribution in [1.29, 1.82) is 5.26 Å². The fraction of sp³-hybridized carbons (Fsp3) is 0.636. The van der Waals surface area contributed by atoms with Crippen LogP contribution in [0.2, 0.25) is 0 Å². The van der Waals surface area contributed by atoms with E-state index in [0.717, 1.165) is 49.2 Å². The predicted octanol–water partition coefficient (Wildman–Crippen LogP) is 4.61. The number of alkyl halides is 1. The zero-order valence-corrected chi connectivity index (χ0v) is 25.8. The molecule has 3 heterocycles. The topological polar surface area (TPSA) is 94.8 Å². The Bertz CT molecular complexity index is 1410. The summed E-state index contributed by atoms with van der Waals surface area (Å²) in [5, 5.41) is 9.63. The first-order valence-electron chi connectivity index (χ1n) is 15.6. The lowest BCUT2D eigenvalue weighted by Gasteiger charge is -2.43. The van der Waals surface area contributed by atoms with Gasteiger partial charge in [0.25, 0.3) is 0 Å². The number of likely N-dealkylation sites (N-methyl/N-ethyl adjacent to an activating group) is 1. The van der Waals surface area contributed by atoms with E-state index in [1.807, 2.05) is 32.7 Å².